The molecule has 34 heavy (non-hydrogen) atoms. The molecule has 0 saturated heterocycles. The van der Waals surface area contributed by atoms with E-state index in [0.29, 0.717) is 25.1 Å². The fourth-order valence-electron chi connectivity index (χ4n) is 3.98. The average molecular weight is 488 g/mol. The van der Waals surface area contributed by atoms with Gasteiger partial charge in [-0.2, -0.15) is 0 Å². The Balaban J connectivity index is 2.20. The highest BCUT2D eigenvalue weighted by atomic mass is 32.2. The van der Waals surface area contributed by atoms with E-state index in [9.17, 15) is 18.0 Å². The third-order valence-corrected chi connectivity index (χ3v) is 7.19. The van der Waals surface area contributed by atoms with Gasteiger partial charge in [0.25, 0.3) is 0 Å². The molecule has 0 heterocycles. The molecular formula is C26H37N3O4S. The van der Waals surface area contributed by atoms with E-state index in [0.717, 1.165) is 22.3 Å². The van der Waals surface area contributed by atoms with Gasteiger partial charge in [-0.1, -0.05) is 42.8 Å². The van der Waals surface area contributed by atoms with Crippen molar-refractivity contribution in [2.45, 2.75) is 59.5 Å². The molecule has 0 radical (unpaired) electrons. The van der Waals surface area contributed by atoms with Crippen LogP contribution < -0.4 is 9.62 Å². The van der Waals surface area contributed by atoms with Gasteiger partial charge in [0.15, 0.2) is 0 Å². The monoisotopic (exact) mass is 487 g/mol. The maximum absolute atomic E-state index is 13.3. The van der Waals surface area contributed by atoms with Crippen molar-refractivity contribution in [2.24, 2.45) is 0 Å². The van der Waals surface area contributed by atoms with Gasteiger partial charge in [0.05, 0.1) is 11.9 Å². The summed E-state index contributed by atoms with van der Waals surface area (Å²) in [4.78, 5) is 27.4. The summed E-state index contributed by atoms with van der Waals surface area (Å²) in [5.41, 5.74) is 4.70. The Morgan fingerprint density at radius 1 is 1.03 bits per heavy atom. The van der Waals surface area contributed by atoms with E-state index in [1.165, 1.54) is 10.6 Å². The minimum atomic E-state index is -3.51. The predicted molar refractivity (Wildman–Crippen MR) is 137 cm³/mol. The van der Waals surface area contributed by atoms with Gasteiger partial charge in [-0.25, -0.2) is 8.42 Å². The van der Waals surface area contributed by atoms with Crippen LogP contribution in [0.1, 0.15) is 48.4 Å². The first-order valence-electron chi connectivity index (χ1n) is 11.6. The van der Waals surface area contributed by atoms with Crippen molar-refractivity contribution < 1.29 is 18.0 Å². The number of carbonyl (C=O) groups excluding carboxylic acids is 2. The molecule has 0 saturated carbocycles. The van der Waals surface area contributed by atoms with Gasteiger partial charge in [0, 0.05) is 26.6 Å². The van der Waals surface area contributed by atoms with Gasteiger partial charge in [-0.05, 0) is 62.4 Å². The molecule has 0 spiro atoms. The Morgan fingerprint density at radius 2 is 1.74 bits per heavy atom. The summed E-state index contributed by atoms with van der Waals surface area (Å²) in [6.45, 7) is 8.28. The van der Waals surface area contributed by atoms with Gasteiger partial charge in [0.1, 0.15) is 6.04 Å². The van der Waals surface area contributed by atoms with Gasteiger partial charge in [-0.15, -0.1) is 0 Å². The summed E-state index contributed by atoms with van der Waals surface area (Å²) < 4.78 is 26.3. The molecule has 0 fully saturated rings. The summed E-state index contributed by atoms with van der Waals surface area (Å²) in [7, 11) is -1.95. The van der Waals surface area contributed by atoms with E-state index in [-0.39, 0.29) is 24.8 Å². The fraction of sp³-hybridized carbons (Fsp3) is 0.462. The van der Waals surface area contributed by atoms with Gasteiger partial charge in [0.2, 0.25) is 21.8 Å². The van der Waals surface area contributed by atoms with Crippen LogP contribution in [0.2, 0.25) is 0 Å². The summed E-state index contributed by atoms with van der Waals surface area (Å²) in [6.07, 6.45) is 2.13. The fourth-order valence-corrected chi connectivity index (χ4v) is 4.94. The SMILES string of the molecule is CCC(C(=O)NC)N(Cc1cccc(C)c1)C(=O)CCCN(c1ccc(C)c(C)c1)S(C)(=O)=O. The van der Waals surface area contributed by atoms with E-state index < -0.39 is 16.1 Å². The van der Waals surface area contributed by atoms with Gasteiger partial charge in [-0.3, -0.25) is 13.9 Å². The number of benzene rings is 2. The van der Waals surface area contributed by atoms with Crippen LogP contribution >= 0.6 is 0 Å². The standard InChI is InChI=1S/C26H37N3O4S/c1-7-24(26(31)27-5)28(18-22-11-8-10-19(2)16-22)25(30)12-9-15-29(34(6,32)33)23-14-13-20(3)21(4)17-23/h8,10-11,13-14,16-17,24H,7,9,12,15,18H2,1-6H3,(H,27,31). The number of nitrogens with zero attached hydrogens (tertiary/aromatic N) is 2. The van der Waals surface area contributed by atoms with E-state index in [2.05, 4.69) is 5.32 Å². The van der Waals surface area contributed by atoms with Crippen molar-refractivity contribution in [3.8, 4) is 0 Å². The summed E-state index contributed by atoms with van der Waals surface area (Å²) >= 11 is 0. The molecule has 2 amide bonds. The maximum Gasteiger partial charge on any atom is 0.242 e. The zero-order valence-electron chi connectivity index (χ0n) is 21.1. The highest BCUT2D eigenvalue weighted by Crippen LogP contribution is 2.22. The average Bonchev–Trinajstić information content (AvgIpc) is 2.77. The molecule has 1 N–H and O–H groups in total. The van der Waals surface area contributed by atoms with Crippen molar-refractivity contribution in [1.29, 1.82) is 0 Å². The second-order valence-corrected chi connectivity index (χ2v) is 10.7. The Morgan fingerprint density at radius 3 is 2.29 bits per heavy atom. The molecule has 0 aliphatic carbocycles. The lowest BCUT2D eigenvalue weighted by Gasteiger charge is -2.31. The third-order valence-electron chi connectivity index (χ3n) is 6.00. The normalized spacial score (nSPS) is 12.2. The zero-order chi connectivity index (χ0) is 25.5. The van der Waals surface area contributed by atoms with Crippen molar-refractivity contribution >= 4 is 27.5 Å². The first-order valence-corrected chi connectivity index (χ1v) is 13.4. The van der Waals surface area contributed by atoms with E-state index in [4.69, 9.17) is 0 Å². The van der Waals surface area contributed by atoms with Gasteiger partial charge < -0.3 is 10.2 Å². The minimum Gasteiger partial charge on any atom is -0.357 e. The van der Waals surface area contributed by atoms with Crippen LogP contribution in [-0.2, 0) is 26.2 Å². The molecular weight excluding hydrogens is 450 g/mol. The van der Waals surface area contributed by atoms with Crippen LogP contribution in [0.3, 0.4) is 0 Å². The second-order valence-electron chi connectivity index (χ2n) is 8.76. The molecule has 0 bridgehead atoms. The Hall–Kier alpha value is -2.87. The molecule has 1 unspecified atom stereocenters. The van der Waals surface area contributed by atoms with Crippen LogP contribution in [0.5, 0.6) is 0 Å². The highest BCUT2D eigenvalue weighted by Gasteiger charge is 2.28. The molecule has 7 nitrogen and oxygen atoms in total. The number of anilines is 1. The number of likely N-dealkylation sites (N-methyl/N-ethyl adjacent to an activating group) is 1. The minimum absolute atomic E-state index is 0.135. The summed E-state index contributed by atoms with van der Waals surface area (Å²) in [5.74, 6) is -0.387. The van der Waals surface area contributed by atoms with E-state index >= 15 is 0 Å². The molecule has 2 aromatic rings. The van der Waals surface area contributed by atoms with Crippen molar-refractivity contribution in [3.63, 3.8) is 0 Å². The predicted octanol–water partition coefficient (Wildman–Crippen LogP) is 3.71. The van der Waals surface area contributed by atoms with Crippen molar-refractivity contribution in [1.82, 2.24) is 10.2 Å². The lowest BCUT2D eigenvalue weighted by Crippen LogP contribution is -2.48. The number of hydrogen-bond donors (Lipinski definition) is 1. The number of rotatable bonds is 11. The van der Waals surface area contributed by atoms with E-state index in [1.807, 2.05) is 64.1 Å². The van der Waals surface area contributed by atoms with Crippen molar-refractivity contribution in [2.75, 3.05) is 24.2 Å². The van der Waals surface area contributed by atoms with Crippen LogP contribution in [0.25, 0.3) is 0 Å². The topological polar surface area (TPSA) is 86.8 Å². The Bertz CT molecular complexity index is 1110. The Labute approximate surface area is 204 Å². The number of nitrogens with one attached hydrogen (secondary N) is 1. The molecule has 186 valence electrons. The number of hydrogen-bond acceptors (Lipinski definition) is 4. The Kier molecular flexibility index (Phi) is 9.67. The molecule has 0 aliphatic rings. The molecule has 2 rings (SSSR count). The third kappa shape index (κ3) is 7.32. The van der Waals surface area contributed by atoms with Crippen LogP contribution in [0.15, 0.2) is 42.5 Å². The smallest absolute Gasteiger partial charge is 0.242 e. The van der Waals surface area contributed by atoms with Crippen LogP contribution in [0, 0.1) is 20.8 Å². The van der Waals surface area contributed by atoms with Crippen LogP contribution in [-0.4, -0.2) is 51.0 Å². The first kappa shape index (κ1) is 27.4. The first-order chi connectivity index (χ1) is 16.0. The second kappa shape index (κ2) is 12.0. The number of sulfonamides is 1. The highest BCUT2D eigenvalue weighted by molar-refractivity contribution is 7.92. The number of aryl methyl sites for hydroxylation is 3. The lowest BCUT2D eigenvalue weighted by molar-refractivity contribution is -0.141. The van der Waals surface area contributed by atoms with Gasteiger partial charge >= 0.3 is 0 Å². The largest absolute Gasteiger partial charge is 0.357 e. The molecule has 8 heteroatoms. The van der Waals surface area contributed by atoms with E-state index in [1.54, 1.807) is 18.0 Å². The zero-order valence-corrected chi connectivity index (χ0v) is 21.9. The number of amides is 2. The molecule has 0 aromatic heterocycles. The lowest BCUT2D eigenvalue weighted by atomic mass is 10.1. The molecule has 2 aromatic carbocycles. The quantitative estimate of drug-likeness (QED) is 0.523. The summed E-state index contributed by atoms with van der Waals surface area (Å²) in [5, 5.41) is 2.65. The molecule has 0 aliphatic heterocycles. The molecule has 1 atom stereocenters. The van der Waals surface area contributed by atoms with Crippen molar-refractivity contribution in [3.05, 3.63) is 64.7 Å². The van der Waals surface area contributed by atoms with Crippen LogP contribution in [0.4, 0.5) is 5.69 Å². The summed E-state index contributed by atoms with van der Waals surface area (Å²) in [6, 6.07) is 12.8. The number of carbonyl (C=O) groups is 2. The maximum atomic E-state index is 13.3.